The van der Waals surface area contributed by atoms with Crippen LogP contribution in [0.25, 0.3) is 0 Å². The topological polar surface area (TPSA) is 57.6 Å². The zero-order chi connectivity index (χ0) is 15.6. The highest BCUT2D eigenvalue weighted by molar-refractivity contribution is 7.89. The van der Waals surface area contributed by atoms with Gasteiger partial charge in [0.2, 0.25) is 10.0 Å². The van der Waals surface area contributed by atoms with Gasteiger partial charge in [0.15, 0.2) is 0 Å². The Bertz CT molecular complexity index is 608. The Morgan fingerprint density at radius 2 is 2.19 bits per heavy atom. The molecule has 0 radical (unpaired) electrons. The van der Waals surface area contributed by atoms with Crippen molar-refractivity contribution in [2.45, 2.75) is 49.6 Å². The molecular weight excluding hydrogens is 317 g/mol. The van der Waals surface area contributed by atoms with Gasteiger partial charge in [0.25, 0.3) is 0 Å². The standard InChI is InChI=1S/C14H19ClFNO3S/c1-2-13(18)12-5-3-4-8-17(12)21(19,20)14-7-6-10(16)9-11(14)15/h6-7,9,12-13,18H,2-5,8H2,1H3. The Morgan fingerprint density at radius 1 is 1.48 bits per heavy atom. The highest BCUT2D eigenvalue weighted by Gasteiger charge is 2.37. The van der Waals surface area contributed by atoms with Gasteiger partial charge in [-0.15, -0.1) is 0 Å². The first-order chi connectivity index (χ1) is 9.87. The third-order valence-corrected chi connectivity index (χ3v) is 6.25. The fraction of sp³-hybridized carbons (Fsp3) is 0.571. The summed E-state index contributed by atoms with van der Waals surface area (Å²) in [5.41, 5.74) is 0. The smallest absolute Gasteiger partial charge is 0.244 e. The maximum Gasteiger partial charge on any atom is 0.244 e. The summed E-state index contributed by atoms with van der Waals surface area (Å²) in [6.07, 6.45) is 2.01. The van der Waals surface area contributed by atoms with Crippen LogP contribution in [0.2, 0.25) is 5.02 Å². The van der Waals surface area contributed by atoms with Crippen molar-refractivity contribution in [1.29, 1.82) is 0 Å². The molecule has 0 bridgehead atoms. The van der Waals surface area contributed by atoms with Crippen LogP contribution in [0, 0.1) is 5.82 Å². The third-order valence-electron chi connectivity index (χ3n) is 3.84. The van der Waals surface area contributed by atoms with Gasteiger partial charge in [-0.2, -0.15) is 4.31 Å². The predicted octanol–water partition coefficient (Wildman–Crippen LogP) is 2.79. The summed E-state index contributed by atoms with van der Waals surface area (Å²) in [6.45, 7) is 2.16. The minimum absolute atomic E-state index is 0.110. The summed E-state index contributed by atoms with van der Waals surface area (Å²) < 4.78 is 39.9. The molecule has 21 heavy (non-hydrogen) atoms. The highest BCUT2D eigenvalue weighted by atomic mass is 35.5. The average molecular weight is 336 g/mol. The zero-order valence-corrected chi connectivity index (χ0v) is 13.4. The molecule has 1 aliphatic heterocycles. The van der Waals surface area contributed by atoms with E-state index in [2.05, 4.69) is 0 Å². The molecule has 2 rings (SSSR count). The monoisotopic (exact) mass is 335 g/mol. The highest BCUT2D eigenvalue weighted by Crippen LogP contribution is 2.31. The van der Waals surface area contributed by atoms with E-state index >= 15 is 0 Å². The first kappa shape index (κ1) is 16.7. The van der Waals surface area contributed by atoms with Gasteiger partial charge in [-0.1, -0.05) is 24.9 Å². The molecule has 0 saturated carbocycles. The molecule has 1 aliphatic rings. The fourth-order valence-electron chi connectivity index (χ4n) is 2.70. The van der Waals surface area contributed by atoms with Gasteiger partial charge in [0.1, 0.15) is 10.7 Å². The van der Waals surface area contributed by atoms with E-state index in [4.69, 9.17) is 11.6 Å². The number of benzene rings is 1. The number of halogens is 2. The van der Waals surface area contributed by atoms with E-state index in [0.29, 0.717) is 19.4 Å². The lowest BCUT2D eigenvalue weighted by atomic mass is 9.98. The van der Waals surface area contributed by atoms with Gasteiger partial charge in [0, 0.05) is 6.54 Å². The van der Waals surface area contributed by atoms with Gasteiger partial charge >= 0.3 is 0 Å². The van der Waals surface area contributed by atoms with E-state index in [9.17, 15) is 17.9 Å². The summed E-state index contributed by atoms with van der Waals surface area (Å²) in [7, 11) is -3.84. The van der Waals surface area contributed by atoms with Crippen LogP contribution in [-0.4, -0.2) is 36.5 Å². The van der Waals surface area contributed by atoms with Crippen LogP contribution in [0.15, 0.2) is 23.1 Å². The maximum atomic E-state index is 13.1. The van der Waals surface area contributed by atoms with Crippen LogP contribution < -0.4 is 0 Å². The summed E-state index contributed by atoms with van der Waals surface area (Å²) in [5.74, 6) is -0.581. The van der Waals surface area contributed by atoms with E-state index in [0.717, 1.165) is 25.0 Å². The number of aliphatic hydroxyl groups is 1. The van der Waals surface area contributed by atoms with Gasteiger partial charge in [-0.05, 0) is 37.5 Å². The van der Waals surface area contributed by atoms with Crippen molar-refractivity contribution in [3.63, 3.8) is 0 Å². The molecule has 1 saturated heterocycles. The van der Waals surface area contributed by atoms with Crippen molar-refractivity contribution in [3.05, 3.63) is 29.0 Å². The molecule has 0 spiro atoms. The molecule has 4 nitrogen and oxygen atoms in total. The summed E-state index contributed by atoms with van der Waals surface area (Å²) in [5, 5.41) is 9.94. The molecule has 2 unspecified atom stereocenters. The second-order valence-electron chi connectivity index (χ2n) is 5.23. The minimum atomic E-state index is -3.84. The molecule has 0 amide bonds. The Kier molecular flexibility index (Phi) is 5.24. The van der Waals surface area contributed by atoms with Crippen molar-refractivity contribution in [1.82, 2.24) is 4.31 Å². The van der Waals surface area contributed by atoms with Crippen molar-refractivity contribution in [3.8, 4) is 0 Å². The third kappa shape index (κ3) is 3.39. The van der Waals surface area contributed by atoms with E-state index in [-0.39, 0.29) is 9.92 Å². The lowest BCUT2D eigenvalue weighted by Crippen LogP contribution is -2.49. The Hall–Kier alpha value is -0.690. The normalized spacial score (nSPS) is 22.2. The molecule has 0 aliphatic carbocycles. The quantitative estimate of drug-likeness (QED) is 0.920. The molecule has 1 heterocycles. The maximum absolute atomic E-state index is 13.1. The van der Waals surface area contributed by atoms with Crippen LogP contribution in [0.3, 0.4) is 0 Å². The molecular formula is C14H19ClFNO3S. The average Bonchev–Trinajstić information content (AvgIpc) is 2.46. The predicted molar refractivity (Wildman–Crippen MR) is 79.2 cm³/mol. The van der Waals surface area contributed by atoms with Crippen LogP contribution >= 0.6 is 11.6 Å². The number of aliphatic hydroxyl groups excluding tert-OH is 1. The first-order valence-electron chi connectivity index (χ1n) is 7.03. The van der Waals surface area contributed by atoms with Crippen LogP contribution in [0.1, 0.15) is 32.6 Å². The molecule has 1 N–H and O–H groups in total. The summed E-state index contributed by atoms with van der Waals surface area (Å²) in [4.78, 5) is -0.110. The Balaban J connectivity index is 2.40. The molecule has 0 aromatic heterocycles. The fourth-order valence-corrected chi connectivity index (χ4v) is 4.93. The molecule has 1 aromatic rings. The van der Waals surface area contributed by atoms with E-state index < -0.39 is 28.0 Å². The zero-order valence-electron chi connectivity index (χ0n) is 11.8. The van der Waals surface area contributed by atoms with Crippen LogP contribution in [-0.2, 0) is 10.0 Å². The molecule has 7 heteroatoms. The van der Waals surface area contributed by atoms with E-state index in [1.165, 1.54) is 10.4 Å². The molecule has 2 atom stereocenters. The number of piperidine rings is 1. The minimum Gasteiger partial charge on any atom is -0.391 e. The van der Waals surface area contributed by atoms with Gasteiger partial charge < -0.3 is 5.11 Å². The van der Waals surface area contributed by atoms with E-state index in [1.807, 2.05) is 6.92 Å². The van der Waals surface area contributed by atoms with Crippen molar-refractivity contribution in [2.24, 2.45) is 0 Å². The first-order valence-corrected chi connectivity index (χ1v) is 8.84. The second-order valence-corrected chi connectivity index (χ2v) is 7.50. The molecule has 1 fully saturated rings. The Morgan fingerprint density at radius 3 is 2.81 bits per heavy atom. The Labute approximate surface area is 129 Å². The number of nitrogens with zero attached hydrogens (tertiary/aromatic N) is 1. The lowest BCUT2D eigenvalue weighted by molar-refractivity contribution is 0.0667. The molecule has 118 valence electrons. The number of hydrogen-bond acceptors (Lipinski definition) is 3. The largest absolute Gasteiger partial charge is 0.391 e. The van der Waals surface area contributed by atoms with Crippen molar-refractivity contribution < 1.29 is 17.9 Å². The second kappa shape index (κ2) is 6.60. The molecule has 1 aromatic carbocycles. The van der Waals surface area contributed by atoms with Crippen molar-refractivity contribution >= 4 is 21.6 Å². The van der Waals surface area contributed by atoms with Gasteiger partial charge in [-0.25, -0.2) is 12.8 Å². The van der Waals surface area contributed by atoms with Gasteiger partial charge in [0.05, 0.1) is 17.2 Å². The van der Waals surface area contributed by atoms with Crippen LogP contribution in [0.4, 0.5) is 4.39 Å². The van der Waals surface area contributed by atoms with Crippen LogP contribution in [0.5, 0.6) is 0 Å². The van der Waals surface area contributed by atoms with Gasteiger partial charge in [-0.3, -0.25) is 0 Å². The van der Waals surface area contributed by atoms with E-state index in [1.54, 1.807) is 0 Å². The summed E-state index contributed by atoms with van der Waals surface area (Å²) in [6, 6.07) is 2.80. The van der Waals surface area contributed by atoms with Crippen molar-refractivity contribution in [2.75, 3.05) is 6.54 Å². The number of sulfonamides is 1. The lowest BCUT2D eigenvalue weighted by Gasteiger charge is -2.37. The number of rotatable bonds is 4. The summed E-state index contributed by atoms with van der Waals surface area (Å²) >= 11 is 5.89. The number of hydrogen-bond donors (Lipinski definition) is 1. The SMILES string of the molecule is CCC(O)C1CCCCN1S(=O)(=O)c1ccc(F)cc1Cl.